The summed E-state index contributed by atoms with van der Waals surface area (Å²) in [4.78, 5) is 0. The Morgan fingerprint density at radius 1 is 1.47 bits per heavy atom. The second kappa shape index (κ2) is 5.62. The second-order valence-electron chi connectivity index (χ2n) is 3.70. The molecule has 94 valence electrons. The molecule has 0 radical (unpaired) electrons. The first kappa shape index (κ1) is 13.2. The fourth-order valence-electron chi connectivity index (χ4n) is 1.53. The summed E-state index contributed by atoms with van der Waals surface area (Å²) < 4.78 is 27.6. The molecule has 0 bridgehead atoms. The zero-order valence-corrected chi connectivity index (χ0v) is 12.3. The van der Waals surface area contributed by atoms with Gasteiger partial charge in [0.2, 0.25) is 10.0 Å². The Morgan fingerprint density at radius 3 is 2.88 bits per heavy atom. The van der Waals surface area contributed by atoms with Crippen LogP contribution in [0.1, 0.15) is 6.42 Å². The van der Waals surface area contributed by atoms with Gasteiger partial charge < -0.3 is 5.32 Å². The lowest BCUT2D eigenvalue weighted by molar-refractivity contribution is 0.584. The minimum absolute atomic E-state index is 0.346. The van der Waals surface area contributed by atoms with Gasteiger partial charge in [0.15, 0.2) is 0 Å². The van der Waals surface area contributed by atoms with Crippen LogP contribution in [0.4, 0.5) is 0 Å². The monoisotopic (exact) mass is 336 g/mol. The third-order valence-corrected chi connectivity index (χ3v) is 5.98. The summed E-state index contributed by atoms with van der Waals surface area (Å²) in [6.07, 6.45) is 2.94. The van der Waals surface area contributed by atoms with Crippen molar-refractivity contribution in [2.75, 3.05) is 19.6 Å². The van der Waals surface area contributed by atoms with Crippen LogP contribution >= 0.6 is 27.3 Å². The van der Waals surface area contributed by atoms with Gasteiger partial charge in [-0.2, -0.15) is 0 Å². The van der Waals surface area contributed by atoms with E-state index in [1.807, 2.05) is 6.08 Å². The van der Waals surface area contributed by atoms with Gasteiger partial charge in [0.25, 0.3) is 0 Å². The van der Waals surface area contributed by atoms with E-state index in [9.17, 15) is 8.42 Å². The van der Waals surface area contributed by atoms with Gasteiger partial charge in [-0.15, -0.1) is 11.3 Å². The van der Waals surface area contributed by atoms with Crippen molar-refractivity contribution < 1.29 is 8.42 Å². The van der Waals surface area contributed by atoms with Crippen LogP contribution in [0, 0.1) is 0 Å². The Kier molecular flexibility index (Phi) is 4.37. The molecule has 2 heterocycles. The summed E-state index contributed by atoms with van der Waals surface area (Å²) in [5.74, 6) is 0. The Morgan fingerprint density at radius 2 is 2.29 bits per heavy atom. The van der Waals surface area contributed by atoms with Gasteiger partial charge in [-0.25, -0.2) is 13.1 Å². The Labute approximate surface area is 113 Å². The highest BCUT2D eigenvalue weighted by atomic mass is 79.9. The lowest BCUT2D eigenvalue weighted by Gasteiger charge is -2.14. The third kappa shape index (κ3) is 3.62. The summed E-state index contributed by atoms with van der Waals surface area (Å²) >= 11 is 4.47. The zero-order valence-electron chi connectivity index (χ0n) is 9.07. The molecule has 0 saturated carbocycles. The molecule has 0 fully saturated rings. The van der Waals surface area contributed by atoms with Crippen LogP contribution in [0.25, 0.3) is 0 Å². The molecular formula is C10H13BrN2O2S2. The minimum atomic E-state index is -3.36. The van der Waals surface area contributed by atoms with Gasteiger partial charge in [-0.05, 0) is 41.0 Å². The van der Waals surface area contributed by atoms with E-state index in [2.05, 4.69) is 26.0 Å². The quantitative estimate of drug-likeness (QED) is 0.823. The molecule has 0 aromatic carbocycles. The molecule has 0 spiro atoms. The van der Waals surface area contributed by atoms with Crippen LogP contribution in [-0.2, 0) is 10.0 Å². The van der Waals surface area contributed by atoms with Crippen LogP contribution in [0.15, 0.2) is 31.8 Å². The topological polar surface area (TPSA) is 58.2 Å². The van der Waals surface area contributed by atoms with Crippen LogP contribution in [-0.4, -0.2) is 28.1 Å². The molecule has 2 N–H and O–H groups in total. The number of nitrogens with one attached hydrogen (secondary N) is 2. The van der Waals surface area contributed by atoms with E-state index >= 15 is 0 Å². The van der Waals surface area contributed by atoms with Crippen molar-refractivity contribution >= 4 is 37.3 Å². The molecule has 0 aliphatic carbocycles. The average Bonchev–Trinajstić information content (AvgIpc) is 2.76. The van der Waals surface area contributed by atoms with Gasteiger partial charge in [-0.3, -0.25) is 0 Å². The van der Waals surface area contributed by atoms with Gasteiger partial charge in [0.05, 0.1) is 3.79 Å². The molecule has 0 atom stereocenters. The summed E-state index contributed by atoms with van der Waals surface area (Å²) in [6.45, 7) is 2.14. The van der Waals surface area contributed by atoms with Crippen LogP contribution in [0.3, 0.4) is 0 Å². The molecule has 0 saturated heterocycles. The summed E-state index contributed by atoms with van der Waals surface area (Å²) in [7, 11) is -3.36. The van der Waals surface area contributed by atoms with Crippen molar-refractivity contribution in [3.63, 3.8) is 0 Å². The normalized spacial score (nSPS) is 16.9. The zero-order chi connectivity index (χ0) is 12.3. The van der Waals surface area contributed by atoms with E-state index in [0.29, 0.717) is 10.8 Å². The summed E-state index contributed by atoms with van der Waals surface area (Å²) in [5, 5.41) is 3.19. The van der Waals surface area contributed by atoms with E-state index in [-0.39, 0.29) is 0 Å². The first-order valence-corrected chi connectivity index (χ1v) is 8.31. The van der Waals surface area contributed by atoms with Gasteiger partial charge in [0.1, 0.15) is 4.21 Å². The maximum Gasteiger partial charge on any atom is 0.250 e. The fourth-order valence-corrected chi connectivity index (χ4v) is 4.62. The highest BCUT2D eigenvalue weighted by molar-refractivity contribution is 9.11. The molecule has 4 nitrogen and oxygen atoms in total. The van der Waals surface area contributed by atoms with Crippen LogP contribution in [0.5, 0.6) is 0 Å². The van der Waals surface area contributed by atoms with Crippen molar-refractivity contribution in [2.24, 2.45) is 0 Å². The molecule has 2 rings (SSSR count). The van der Waals surface area contributed by atoms with Gasteiger partial charge in [-0.1, -0.05) is 11.6 Å². The van der Waals surface area contributed by atoms with Crippen molar-refractivity contribution in [3.8, 4) is 0 Å². The molecule has 0 amide bonds. The predicted molar refractivity (Wildman–Crippen MR) is 72.8 cm³/mol. The maximum absolute atomic E-state index is 11.9. The molecule has 1 aromatic rings. The molecule has 0 unspecified atom stereocenters. The average molecular weight is 337 g/mol. The number of halogens is 1. The number of thiophene rings is 1. The second-order valence-corrected chi connectivity index (χ2v) is 8.16. The number of rotatable bonds is 4. The van der Waals surface area contributed by atoms with Crippen molar-refractivity contribution in [2.45, 2.75) is 10.6 Å². The predicted octanol–water partition coefficient (Wildman–Crippen LogP) is 1.71. The molecule has 7 heteroatoms. The highest BCUT2D eigenvalue weighted by Gasteiger charge is 2.16. The van der Waals surface area contributed by atoms with Gasteiger partial charge >= 0.3 is 0 Å². The number of hydrogen-bond acceptors (Lipinski definition) is 4. The molecule has 1 aromatic heterocycles. The van der Waals surface area contributed by atoms with Crippen LogP contribution in [0.2, 0.25) is 0 Å². The van der Waals surface area contributed by atoms with Crippen molar-refractivity contribution in [3.05, 3.63) is 27.6 Å². The van der Waals surface area contributed by atoms with Gasteiger partial charge in [0, 0.05) is 13.1 Å². The Balaban J connectivity index is 2.00. The van der Waals surface area contributed by atoms with E-state index in [4.69, 9.17) is 0 Å². The van der Waals surface area contributed by atoms with E-state index in [0.717, 1.165) is 28.9 Å². The van der Waals surface area contributed by atoms with Crippen molar-refractivity contribution in [1.82, 2.24) is 10.0 Å². The highest BCUT2D eigenvalue weighted by Crippen LogP contribution is 2.25. The van der Waals surface area contributed by atoms with E-state index in [1.54, 1.807) is 12.1 Å². The Bertz CT molecular complexity index is 522. The smallest absolute Gasteiger partial charge is 0.250 e. The number of hydrogen-bond donors (Lipinski definition) is 2. The number of sulfonamides is 1. The first-order valence-electron chi connectivity index (χ1n) is 5.21. The molecule has 1 aliphatic heterocycles. The standard InChI is InChI=1S/C10H13BrN2O2S2/c11-9-1-2-10(16-9)17(14,15)13-7-8-3-5-12-6-4-8/h1-3,12-13H,4-7H2. The first-order chi connectivity index (χ1) is 8.08. The SMILES string of the molecule is O=S(=O)(NCC1=CCNCC1)c1ccc(Br)s1. The summed E-state index contributed by atoms with van der Waals surface area (Å²) in [5.41, 5.74) is 1.14. The maximum atomic E-state index is 11.9. The van der Waals surface area contributed by atoms with Crippen molar-refractivity contribution in [1.29, 1.82) is 0 Å². The van der Waals surface area contributed by atoms with E-state index in [1.165, 1.54) is 11.3 Å². The third-order valence-electron chi connectivity index (χ3n) is 2.46. The molecular weight excluding hydrogens is 324 g/mol. The largest absolute Gasteiger partial charge is 0.313 e. The minimum Gasteiger partial charge on any atom is -0.313 e. The molecule has 1 aliphatic rings. The Hall–Kier alpha value is -0.210. The lowest BCUT2D eigenvalue weighted by Crippen LogP contribution is -2.29. The lowest BCUT2D eigenvalue weighted by atomic mass is 10.1. The summed E-state index contributed by atoms with van der Waals surface area (Å²) in [6, 6.07) is 3.34. The molecule has 17 heavy (non-hydrogen) atoms. The van der Waals surface area contributed by atoms with Crippen LogP contribution < -0.4 is 10.0 Å². The fraction of sp³-hybridized carbons (Fsp3) is 0.400. The van der Waals surface area contributed by atoms with E-state index < -0.39 is 10.0 Å².